The average molecular weight is 385 g/mol. The van der Waals surface area contributed by atoms with Gasteiger partial charge in [0.2, 0.25) is 0 Å². The summed E-state index contributed by atoms with van der Waals surface area (Å²) >= 11 is 5.51. The van der Waals surface area contributed by atoms with Crippen LogP contribution in [0.15, 0.2) is 54.6 Å². The van der Waals surface area contributed by atoms with Gasteiger partial charge in [0.15, 0.2) is 5.11 Å². The number of nitrogens with one attached hydrogen (secondary N) is 2. The second-order valence-electron chi connectivity index (χ2n) is 6.16. The molecule has 1 fully saturated rings. The lowest BCUT2D eigenvalue weighted by Crippen LogP contribution is -2.52. The van der Waals surface area contributed by atoms with Gasteiger partial charge >= 0.3 is 6.03 Å². The Morgan fingerprint density at radius 2 is 1.52 bits per heavy atom. The summed E-state index contributed by atoms with van der Waals surface area (Å²) < 4.78 is 5.44. The molecular weight excluding hydrogens is 360 g/mol. The van der Waals surface area contributed by atoms with Crippen molar-refractivity contribution in [2.24, 2.45) is 0 Å². The summed E-state index contributed by atoms with van der Waals surface area (Å²) in [5.74, 6) is 0.840. The van der Waals surface area contributed by atoms with Crippen molar-refractivity contribution in [3.63, 3.8) is 0 Å². The van der Waals surface area contributed by atoms with Crippen molar-refractivity contribution < 1.29 is 9.53 Å². The van der Waals surface area contributed by atoms with Crippen LogP contribution in [-0.2, 0) is 0 Å². The molecule has 0 aromatic heterocycles. The first kappa shape index (κ1) is 19.0. The fourth-order valence-corrected chi connectivity index (χ4v) is 3.14. The highest BCUT2D eigenvalue weighted by atomic mass is 32.1. The van der Waals surface area contributed by atoms with Gasteiger partial charge in [0.25, 0.3) is 0 Å². The first-order valence-electron chi connectivity index (χ1n) is 9.05. The minimum absolute atomic E-state index is 0.0776. The fraction of sp³-hybridized carbons (Fsp3) is 0.300. The van der Waals surface area contributed by atoms with E-state index < -0.39 is 0 Å². The summed E-state index contributed by atoms with van der Waals surface area (Å²) in [6, 6.07) is 17.1. The zero-order valence-corrected chi connectivity index (χ0v) is 16.2. The number of piperazine rings is 1. The lowest BCUT2D eigenvalue weighted by atomic mass is 10.3. The van der Waals surface area contributed by atoms with E-state index in [4.69, 9.17) is 17.0 Å². The number of hydrogen-bond donors (Lipinski definition) is 2. The Hall–Kier alpha value is -2.80. The third-order valence-electron chi connectivity index (χ3n) is 4.30. The van der Waals surface area contributed by atoms with Gasteiger partial charge in [-0.1, -0.05) is 18.2 Å². The van der Waals surface area contributed by atoms with Crippen LogP contribution in [-0.4, -0.2) is 53.7 Å². The molecule has 1 aliphatic heterocycles. The molecule has 6 nitrogen and oxygen atoms in total. The number of rotatable bonds is 4. The van der Waals surface area contributed by atoms with Gasteiger partial charge in [-0.05, 0) is 55.5 Å². The number of para-hydroxylation sites is 1. The number of urea groups is 1. The zero-order chi connectivity index (χ0) is 19.1. The highest BCUT2D eigenvalue weighted by Crippen LogP contribution is 2.16. The van der Waals surface area contributed by atoms with Crippen LogP contribution in [0.25, 0.3) is 0 Å². The number of hydrogen-bond acceptors (Lipinski definition) is 3. The summed E-state index contributed by atoms with van der Waals surface area (Å²) in [5.41, 5.74) is 1.73. The Labute approximate surface area is 165 Å². The SMILES string of the molecule is CCOc1ccc(NC(=S)N2CCN(C(=O)Nc3ccccc3)CC2)cc1. The van der Waals surface area contributed by atoms with E-state index in [0.717, 1.165) is 17.1 Å². The lowest BCUT2D eigenvalue weighted by molar-refractivity contribution is 0.182. The monoisotopic (exact) mass is 384 g/mol. The summed E-state index contributed by atoms with van der Waals surface area (Å²) in [5, 5.41) is 6.84. The van der Waals surface area contributed by atoms with E-state index >= 15 is 0 Å². The van der Waals surface area contributed by atoms with E-state index in [1.54, 1.807) is 0 Å². The Morgan fingerprint density at radius 1 is 0.926 bits per heavy atom. The summed E-state index contributed by atoms with van der Waals surface area (Å²) in [6.45, 7) is 5.26. The Kier molecular flexibility index (Phi) is 6.49. The molecule has 1 aliphatic rings. The number of amides is 2. The van der Waals surface area contributed by atoms with Crippen molar-refractivity contribution in [3.8, 4) is 5.75 Å². The van der Waals surface area contributed by atoms with E-state index in [2.05, 4.69) is 15.5 Å². The maximum atomic E-state index is 12.4. The van der Waals surface area contributed by atoms with Gasteiger partial charge in [0.05, 0.1) is 6.61 Å². The maximum Gasteiger partial charge on any atom is 0.321 e. The van der Waals surface area contributed by atoms with E-state index in [0.29, 0.717) is 37.9 Å². The van der Waals surface area contributed by atoms with Crippen LogP contribution in [0, 0.1) is 0 Å². The number of anilines is 2. The number of nitrogens with zero attached hydrogens (tertiary/aromatic N) is 2. The molecule has 0 bridgehead atoms. The van der Waals surface area contributed by atoms with E-state index in [-0.39, 0.29) is 6.03 Å². The normalized spacial score (nSPS) is 13.8. The van der Waals surface area contributed by atoms with Crippen molar-refractivity contribution in [2.75, 3.05) is 43.4 Å². The van der Waals surface area contributed by atoms with Gasteiger partial charge in [-0.2, -0.15) is 0 Å². The molecular formula is C20H24N4O2S. The molecule has 27 heavy (non-hydrogen) atoms. The van der Waals surface area contributed by atoms with Crippen LogP contribution in [0.5, 0.6) is 5.75 Å². The summed E-state index contributed by atoms with van der Waals surface area (Å²) in [4.78, 5) is 16.2. The molecule has 0 radical (unpaired) electrons. The van der Waals surface area contributed by atoms with Crippen LogP contribution in [0.2, 0.25) is 0 Å². The van der Waals surface area contributed by atoms with E-state index in [1.807, 2.05) is 66.4 Å². The highest BCUT2D eigenvalue weighted by molar-refractivity contribution is 7.80. The minimum atomic E-state index is -0.0776. The van der Waals surface area contributed by atoms with Gasteiger partial charge in [0.1, 0.15) is 5.75 Å². The summed E-state index contributed by atoms with van der Waals surface area (Å²) in [6.07, 6.45) is 0. The zero-order valence-electron chi connectivity index (χ0n) is 15.4. The topological polar surface area (TPSA) is 56.8 Å². The number of ether oxygens (including phenoxy) is 1. The molecule has 1 heterocycles. The van der Waals surface area contributed by atoms with Gasteiger partial charge in [-0.15, -0.1) is 0 Å². The third kappa shape index (κ3) is 5.34. The number of benzene rings is 2. The van der Waals surface area contributed by atoms with Crippen molar-refractivity contribution in [2.45, 2.75) is 6.92 Å². The molecule has 2 aromatic rings. The molecule has 0 unspecified atom stereocenters. The van der Waals surface area contributed by atoms with Crippen LogP contribution in [0.3, 0.4) is 0 Å². The van der Waals surface area contributed by atoms with Crippen molar-refractivity contribution >= 4 is 34.7 Å². The second kappa shape index (κ2) is 9.23. The first-order valence-corrected chi connectivity index (χ1v) is 9.46. The van der Waals surface area contributed by atoms with Crippen LogP contribution in [0.1, 0.15) is 6.92 Å². The lowest BCUT2D eigenvalue weighted by Gasteiger charge is -2.36. The largest absolute Gasteiger partial charge is 0.494 e. The number of thiocarbonyl (C=S) groups is 1. The van der Waals surface area contributed by atoms with Gasteiger partial charge < -0.3 is 25.2 Å². The van der Waals surface area contributed by atoms with Crippen LogP contribution in [0.4, 0.5) is 16.2 Å². The molecule has 2 N–H and O–H groups in total. The molecule has 142 valence electrons. The fourth-order valence-electron chi connectivity index (χ4n) is 2.84. The smallest absolute Gasteiger partial charge is 0.321 e. The van der Waals surface area contributed by atoms with E-state index in [1.165, 1.54) is 0 Å². The minimum Gasteiger partial charge on any atom is -0.494 e. The maximum absolute atomic E-state index is 12.4. The predicted molar refractivity (Wildman–Crippen MR) is 112 cm³/mol. The summed E-state index contributed by atoms with van der Waals surface area (Å²) in [7, 11) is 0. The third-order valence-corrected chi connectivity index (χ3v) is 4.66. The van der Waals surface area contributed by atoms with Crippen molar-refractivity contribution in [1.29, 1.82) is 0 Å². The molecule has 2 aromatic carbocycles. The number of carbonyl (C=O) groups is 1. The molecule has 1 saturated heterocycles. The molecule has 2 amide bonds. The highest BCUT2D eigenvalue weighted by Gasteiger charge is 2.22. The average Bonchev–Trinajstić information content (AvgIpc) is 2.70. The molecule has 3 rings (SSSR count). The number of carbonyl (C=O) groups excluding carboxylic acids is 1. The van der Waals surface area contributed by atoms with Crippen molar-refractivity contribution in [3.05, 3.63) is 54.6 Å². The van der Waals surface area contributed by atoms with Crippen LogP contribution < -0.4 is 15.4 Å². The molecule has 0 aliphatic carbocycles. The predicted octanol–water partition coefficient (Wildman–Crippen LogP) is 3.63. The first-order chi connectivity index (χ1) is 13.2. The van der Waals surface area contributed by atoms with Gasteiger partial charge in [-0.3, -0.25) is 0 Å². The standard InChI is InChI=1S/C20H24N4O2S/c1-2-26-18-10-8-17(9-11-18)22-20(27)24-14-12-23(13-15-24)19(25)21-16-6-4-3-5-7-16/h3-11H,2,12-15H2,1H3,(H,21,25)(H,22,27). The Balaban J connectivity index is 1.46. The molecule has 7 heteroatoms. The molecule has 0 atom stereocenters. The van der Waals surface area contributed by atoms with Crippen molar-refractivity contribution in [1.82, 2.24) is 9.80 Å². The van der Waals surface area contributed by atoms with Crippen LogP contribution >= 0.6 is 12.2 Å². The second-order valence-corrected chi connectivity index (χ2v) is 6.54. The molecule has 0 saturated carbocycles. The van der Waals surface area contributed by atoms with E-state index in [9.17, 15) is 4.79 Å². The van der Waals surface area contributed by atoms with Gasteiger partial charge in [-0.25, -0.2) is 4.79 Å². The Bertz CT molecular complexity index is 759. The Morgan fingerprint density at radius 3 is 2.15 bits per heavy atom. The van der Waals surface area contributed by atoms with Gasteiger partial charge in [0, 0.05) is 37.6 Å². The quantitative estimate of drug-likeness (QED) is 0.789. The molecule has 0 spiro atoms.